The van der Waals surface area contributed by atoms with Crippen molar-refractivity contribution in [3.8, 4) is 0 Å². The van der Waals surface area contributed by atoms with Gasteiger partial charge in [0, 0.05) is 0 Å². The molecule has 0 aliphatic heterocycles. The van der Waals surface area contributed by atoms with Gasteiger partial charge in [-0.05, 0) is 20.8 Å². The number of benzene rings is 5. The van der Waals surface area contributed by atoms with E-state index in [-0.39, 0.29) is 0 Å². The van der Waals surface area contributed by atoms with Crippen molar-refractivity contribution in [2.75, 3.05) is 0 Å². The van der Waals surface area contributed by atoms with Gasteiger partial charge in [0.1, 0.15) is 0 Å². The number of aryl methyl sites for hydroxylation is 4. The Morgan fingerprint density at radius 2 is 1.12 bits per heavy atom. The predicted octanol–water partition coefficient (Wildman–Crippen LogP) is 11.7. The molecule has 0 aliphatic rings. The number of fused-ring (bicyclic) bond motifs is 4. The standard InChI is InChI=1S/C15H13.C13H10.C11H11.2ClH.Zr/c1-10-3-5-14-12(7-10)9-13-8-11(2)4-6-15(13)14;1-3-7-12(8-4-1)11-13-9-5-2-6-10-13;1-8-6-7-10-4-3-5-11(10)9(8)2;;;/h3-9H,1-2H3;1-10H;3-7H,1-2H3;2*1H;/q-1;;-1;;;+2/p-2. The van der Waals surface area contributed by atoms with Gasteiger partial charge in [-0.15, -0.1) is 68.2 Å². The summed E-state index contributed by atoms with van der Waals surface area (Å²) in [6.45, 7) is 8.62. The summed E-state index contributed by atoms with van der Waals surface area (Å²) in [5, 5.41) is 8.20. The van der Waals surface area contributed by atoms with Crippen LogP contribution in [0.25, 0.3) is 32.3 Å². The summed E-state index contributed by atoms with van der Waals surface area (Å²) in [6.07, 6.45) is 0. The van der Waals surface area contributed by atoms with E-state index in [4.69, 9.17) is 17.0 Å². The maximum atomic E-state index is 6.24. The van der Waals surface area contributed by atoms with Crippen molar-refractivity contribution in [3.63, 3.8) is 0 Å². The molecule has 0 atom stereocenters. The summed E-state index contributed by atoms with van der Waals surface area (Å²) in [5.41, 5.74) is 7.74. The molecule has 3 heteroatoms. The Labute approximate surface area is 264 Å². The van der Waals surface area contributed by atoms with Crippen LogP contribution in [0.15, 0.2) is 133 Å². The van der Waals surface area contributed by atoms with E-state index in [1.165, 1.54) is 54.6 Å². The van der Waals surface area contributed by atoms with E-state index in [1.54, 1.807) is 0 Å². The summed E-state index contributed by atoms with van der Waals surface area (Å²) in [4.78, 5) is 0. The molecule has 0 amide bonds. The van der Waals surface area contributed by atoms with E-state index in [0.29, 0.717) is 0 Å². The average molecular weight is 665 g/mol. The van der Waals surface area contributed by atoms with Crippen LogP contribution in [-0.2, 0) is 18.9 Å². The molecule has 0 spiro atoms. The summed E-state index contributed by atoms with van der Waals surface area (Å²) in [6, 6.07) is 46.7. The van der Waals surface area contributed by atoms with Crippen LogP contribution in [0.2, 0.25) is 0 Å². The number of rotatable bonds is 2. The van der Waals surface area contributed by atoms with Gasteiger partial charge in [0.2, 0.25) is 0 Å². The van der Waals surface area contributed by atoms with E-state index in [1.807, 2.05) is 36.4 Å². The van der Waals surface area contributed by atoms with Crippen LogP contribution in [0.5, 0.6) is 0 Å². The molecule has 0 fully saturated rings. The van der Waals surface area contributed by atoms with Crippen molar-refractivity contribution in [2.45, 2.75) is 27.7 Å². The zero-order valence-corrected chi connectivity index (χ0v) is 28.4. The zero-order chi connectivity index (χ0) is 29.6. The molecule has 210 valence electrons. The topological polar surface area (TPSA) is 0 Å². The summed E-state index contributed by atoms with van der Waals surface area (Å²) >= 11 is -2.44. The molecule has 7 aromatic carbocycles. The Morgan fingerprint density at radius 3 is 1.62 bits per heavy atom. The SMILES string of the molecule is Cc1ccc2c(c1)[cH-]c1cc(C)ccc12.Cc1ccc2cc[cH-]c2c1C.[Cl][Zr]([Cl])=[C](c1ccccc1)c1ccccc1. The first-order chi connectivity index (χ1) is 20.3. The van der Waals surface area contributed by atoms with Gasteiger partial charge in [-0.3, -0.25) is 0 Å². The van der Waals surface area contributed by atoms with Crippen LogP contribution < -0.4 is 0 Å². The summed E-state index contributed by atoms with van der Waals surface area (Å²) in [5.74, 6) is 0. The number of hydrogen-bond acceptors (Lipinski definition) is 0. The Balaban J connectivity index is 0.000000128. The van der Waals surface area contributed by atoms with Gasteiger partial charge in [0.25, 0.3) is 0 Å². The molecule has 7 rings (SSSR count). The number of hydrogen-bond donors (Lipinski definition) is 0. The van der Waals surface area contributed by atoms with E-state index >= 15 is 0 Å². The Morgan fingerprint density at radius 1 is 0.595 bits per heavy atom. The number of halogens is 2. The van der Waals surface area contributed by atoms with Crippen molar-refractivity contribution >= 4 is 52.5 Å². The third-order valence-corrected chi connectivity index (χ3v) is 12.3. The molecule has 7 aromatic rings. The first kappa shape index (κ1) is 30.4. The van der Waals surface area contributed by atoms with E-state index in [9.17, 15) is 0 Å². The molecule has 42 heavy (non-hydrogen) atoms. The molecular formula is C39H34Cl2Zr-2. The van der Waals surface area contributed by atoms with Gasteiger partial charge < -0.3 is 0 Å². The average Bonchev–Trinajstić information content (AvgIpc) is 3.61. The molecule has 0 aliphatic carbocycles. The van der Waals surface area contributed by atoms with Gasteiger partial charge in [0.05, 0.1) is 0 Å². The second-order valence-corrected chi connectivity index (χ2v) is 18.9. The minimum absolute atomic E-state index is 1.15. The molecule has 0 bridgehead atoms. The van der Waals surface area contributed by atoms with Crippen LogP contribution in [0, 0.1) is 27.7 Å². The van der Waals surface area contributed by atoms with Gasteiger partial charge in [-0.1, -0.05) is 53.9 Å². The second-order valence-electron chi connectivity index (χ2n) is 10.7. The van der Waals surface area contributed by atoms with Crippen LogP contribution in [0.1, 0.15) is 33.4 Å². The van der Waals surface area contributed by atoms with Gasteiger partial charge in [-0.25, -0.2) is 0 Å². The zero-order valence-electron chi connectivity index (χ0n) is 24.5. The molecule has 0 unspecified atom stereocenters. The predicted molar refractivity (Wildman–Crippen MR) is 183 cm³/mol. The van der Waals surface area contributed by atoms with Crippen LogP contribution >= 0.6 is 17.0 Å². The van der Waals surface area contributed by atoms with Gasteiger partial charge in [0.15, 0.2) is 0 Å². The summed E-state index contributed by atoms with van der Waals surface area (Å²) in [7, 11) is 12.5. The monoisotopic (exact) mass is 662 g/mol. The molecule has 0 heterocycles. The minimum atomic E-state index is -2.44. The van der Waals surface area contributed by atoms with Crippen molar-refractivity contribution < 1.29 is 18.9 Å². The quantitative estimate of drug-likeness (QED) is 0.161. The molecule has 0 aromatic heterocycles. The van der Waals surface area contributed by atoms with Crippen molar-refractivity contribution in [1.29, 1.82) is 0 Å². The summed E-state index contributed by atoms with van der Waals surface area (Å²) < 4.78 is 1.15. The molecule has 0 nitrogen and oxygen atoms in total. The third-order valence-electron chi connectivity index (χ3n) is 7.69. The molecule has 0 saturated carbocycles. The maximum absolute atomic E-state index is 6.24. The first-order valence-corrected chi connectivity index (χ1v) is 21.7. The molecule has 0 N–H and O–H groups in total. The Bertz CT molecular complexity index is 1870. The van der Waals surface area contributed by atoms with Crippen molar-refractivity contribution in [3.05, 3.63) is 167 Å². The normalized spacial score (nSPS) is 10.6. The third kappa shape index (κ3) is 7.10. The fourth-order valence-electron chi connectivity index (χ4n) is 5.33. The van der Waals surface area contributed by atoms with Gasteiger partial charge in [-0.2, -0.15) is 12.1 Å². The fourth-order valence-corrected chi connectivity index (χ4v) is 9.80. The van der Waals surface area contributed by atoms with Crippen LogP contribution in [-0.4, -0.2) is 3.21 Å². The molecular weight excluding hydrogens is 631 g/mol. The van der Waals surface area contributed by atoms with Crippen molar-refractivity contribution in [2.24, 2.45) is 0 Å². The van der Waals surface area contributed by atoms with E-state index in [0.717, 1.165) is 14.3 Å². The van der Waals surface area contributed by atoms with E-state index < -0.39 is 18.9 Å². The van der Waals surface area contributed by atoms with E-state index in [2.05, 4.69) is 125 Å². The Kier molecular flexibility index (Phi) is 10.1. The van der Waals surface area contributed by atoms with Crippen LogP contribution in [0.3, 0.4) is 0 Å². The van der Waals surface area contributed by atoms with Crippen molar-refractivity contribution in [1.82, 2.24) is 0 Å². The van der Waals surface area contributed by atoms with Crippen LogP contribution in [0.4, 0.5) is 0 Å². The first-order valence-electron chi connectivity index (χ1n) is 14.2. The molecule has 0 saturated heterocycles. The Hall–Kier alpha value is -3.09. The molecule has 0 radical (unpaired) electrons. The fraction of sp³-hybridized carbons (Fsp3) is 0.103. The second kappa shape index (κ2) is 13.9. The van der Waals surface area contributed by atoms with Gasteiger partial charge >= 0.3 is 111 Å².